The lowest BCUT2D eigenvalue weighted by molar-refractivity contribution is -0.135. The second-order valence-corrected chi connectivity index (χ2v) is 2.86. The summed E-state index contributed by atoms with van der Waals surface area (Å²) in [6.45, 7) is 0. The number of nitrogens with one attached hydrogen (secondary N) is 1. The van der Waals surface area contributed by atoms with Crippen LogP contribution in [-0.2, 0) is 14.3 Å². The van der Waals surface area contributed by atoms with Crippen molar-refractivity contribution < 1.29 is 19.4 Å². The van der Waals surface area contributed by atoms with Crippen molar-refractivity contribution in [2.75, 3.05) is 12.4 Å². The fourth-order valence-electron chi connectivity index (χ4n) is 0.966. The smallest absolute Gasteiger partial charge is 0.330 e. The van der Waals surface area contributed by atoms with Gasteiger partial charge in [-0.1, -0.05) is 12.1 Å². The third kappa shape index (κ3) is 3.45. The Kier molecular flexibility index (Phi) is 4.08. The maximum atomic E-state index is 11.3. The monoisotopic (exact) mass is 221 g/mol. The zero-order valence-electron chi connectivity index (χ0n) is 8.64. The summed E-state index contributed by atoms with van der Waals surface area (Å²) in [4.78, 5) is 22.0. The summed E-state index contributed by atoms with van der Waals surface area (Å²) in [7, 11) is 1.22. The zero-order valence-corrected chi connectivity index (χ0v) is 8.64. The number of carbonyl (C=O) groups excluding carboxylic acids is 2. The lowest BCUT2D eigenvalue weighted by Crippen LogP contribution is -2.09. The highest BCUT2D eigenvalue weighted by molar-refractivity contribution is 6.03. The van der Waals surface area contributed by atoms with E-state index in [1.165, 1.54) is 13.2 Å². The van der Waals surface area contributed by atoms with E-state index in [9.17, 15) is 14.7 Å². The first kappa shape index (κ1) is 11.8. The van der Waals surface area contributed by atoms with Crippen LogP contribution in [0.15, 0.2) is 36.4 Å². The van der Waals surface area contributed by atoms with Gasteiger partial charge in [0.1, 0.15) is 5.75 Å². The Balaban J connectivity index is 2.62. The van der Waals surface area contributed by atoms with Crippen LogP contribution in [0.1, 0.15) is 0 Å². The molecule has 0 bridgehead atoms. The molecule has 0 radical (unpaired) electrons. The number of carbonyl (C=O) groups is 2. The number of phenols is 1. The second-order valence-electron chi connectivity index (χ2n) is 2.86. The van der Waals surface area contributed by atoms with E-state index in [-0.39, 0.29) is 11.4 Å². The molecule has 0 heterocycles. The summed E-state index contributed by atoms with van der Waals surface area (Å²) in [6.07, 6.45) is 2.02. The predicted octanol–water partition coefficient (Wildman–Crippen LogP) is 1.06. The number of methoxy groups -OCH3 is 1. The maximum Gasteiger partial charge on any atom is 0.330 e. The quantitative estimate of drug-likeness (QED) is 0.454. The number of phenolic OH excluding ortho intramolecular Hbond substituents is 1. The number of para-hydroxylation sites is 2. The Hall–Kier alpha value is -2.30. The van der Waals surface area contributed by atoms with E-state index in [4.69, 9.17) is 0 Å². The molecule has 0 saturated heterocycles. The minimum atomic E-state index is -0.618. The summed E-state index contributed by atoms with van der Waals surface area (Å²) in [5.41, 5.74) is 0.280. The Labute approximate surface area is 92.3 Å². The molecule has 16 heavy (non-hydrogen) atoms. The van der Waals surface area contributed by atoms with E-state index >= 15 is 0 Å². The van der Waals surface area contributed by atoms with Crippen molar-refractivity contribution in [2.45, 2.75) is 0 Å². The first-order valence-electron chi connectivity index (χ1n) is 4.48. The first-order valence-corrected chi connectivity index (χ1v) is 4.48. The number of hydrogen-bond donors (Lipinski definition) is 2. The third-order valence-electron chi connectivity index (χ3n) is 1.73. The first-order chi connectivity index (χ1) is 7.63. The fourth-order valence-corrected chi connectivity index (χ4v) is 0.966. The number of esters is 1. The number of aromatic hydroxyl groups is 1. The van der Waals surface area contributed by atoms with Crippen molar-refractivity contribution in [2.24, 2.45) is 0 Å². The molecule has 0 fully saturated rings. The Morgan fingerprint density at radius 3 is 2.62 bits per heavy atom. The second kappa shape index (κ2) is 5.55. The third-order valence-corrected chi connectivity index (χ3v) is 1.73. The molecule has 1 aromatic carbocycles. The van der Waals surface area contributed by atoms with Crippen molar-refractivity contribution in [3.05, 3.63) is 36.4 Å². The van der Waals surface area contributed by atoms with Gasteiger partial charge in [0.05, 0.1) is 12.8 Å². The molecule has 1 aromatic rings. The van der Waals surface area contributed by atoms with Gasteiger partial charge in [0, 0.05) is 12.2 Å². The number of ether oxygens (including phenoxy) is 1. The number of benzene rings is 1. The Morgan fingerprint density at radius 1 is 1.31 bits per heavy atom. The highest BCUT2D eigenvalue weighted by atomic mass is 16.5. The number of hydrogen-bond acceptors (Lipinski definition) is 4. The van der Waals surface area contributed by atoms with Gasteiger partial charge in [0.25, 0.3) is 0 Å². The van der Waals surface area contributed by atoms with E-state index in [1.54, 1.807) is 18.2 Å². The van der Waals surface area contributed by atoms with Crippen molar-refractivity contribution in [1.29, 1.82) is 0 Å². The van der Waals surface area contributed by atoms with Crippen molar-refractivity contribution in [1.82, 2.24) is 0 Å². The molecule has 0 aromatic heterocycles. The normalized spacial score (nSPS) is 10.1. The van der Waals surface area contributed by atoms with E-state index in [1.807, 2.05) is 0 Å². The molecule has 0 saturated carbocycles. The minimum Gasteiger partial charge on any atom is -0.506 e. The van der Waals surface area contributed by atoms with Gasteiger partial charge in [0.15, 0.2) is 0 Å². The molecular formula is C11H11NO4. The van der Waals surface area contributed by atoms with Crippen LogP contribution in [0.4, 0.5) is 5.69 Å². The molecule has 0 atom stereocenters. The summed E-state index contributed by atoms with van der Waals surface area (Å²) in [5.74, 6) is -1.18. The van der Waals surface area contributed by atoms with Gasteiger partial charge in [-0.05, 0) is 12.1 Å². The zero-order chi connectivity index (χ0) is 12.0. The van der Waals surface area contributed by atoms with Gasteiger partial charge >= 0.3 is 5.97 Å². The molecule has 5 nitrogen and oxygen atoms in total. The lowest BCUT2D eigenvalue weighted by Gasteiger charge is -2.03. The minimum absolute atomic E-state index is 0.0395. The summed E-state index contributed by atoms with van der Waals surface area (Å²) in [5, 5.41) is 11.8. The van der Waals surface area contributed by atoms with E-state index < -0.39 is 11.9 Å². The summed E-state index contributed by atoms with van der Waals surface area (Å²) >= 11 is 0. The van der Waals surface area contributed by atoms with Crippen molar-refractivity contribution in [3.8, 4) is 5.75 Å². The van der Waals surface area contributed by atoms with Crippen molar-refractivity contribution >= 4 is 17.6 Å². The summed E-state index contributed by atoms with van der Waals surface area (Å²) < 4.78 is 4.32. The molecule has 5 heteroatoms. The molecule has 0 aliphatic carbocycles. The van der Waals surface area contributed by atoms with Gasteiger partial charge in [-0.15, -0.1) is 0 Å². The van der Waals surface area contributed by atoms with Crippen LogP contribution in [0.5, 0.6) is 5.75 Å². The molecule has 2 N–H and O–H groups in total. The largest absolute Gasteiger partial charge is 0.506 e. The van der Waals surface area contributed by atoms with Gasteiger partial charge in [-0.3, -0.25) is 4.79 Å². The maximum absolute atomic E-state index is 11.3. The molecule has 1 amide bonds. The molecule has 0 aliphatic heterocycles. The van der Waals surface area contributed by atoms with Crippen LogP contribution in [-0.4, -0.2) is 24.1 Å². The molecule has 1 rings (SSSR count). The topological polar surface area (TPSA) is 75.6 Å². The lowest BCUT2D eigenvalue weighted by atomic mass is 10.3. The molecule has 84 valence electrons. The van der Waals surface area contributed by atoms with Crippen LogP contribution in [0, 0.1) is 0 Å². The summed E-state index contributed by atoms with van der Waals surface area (Å²) in [6, 6.07) is 6.29. The fraction of sp³-hybridized carbons (Fsp3) is 0.0909. The SMILES string of the molecule is COC(=O)C=CC(=O)Nc1ccccc1O. The van der Waals surface area contributed by atoms with Crippen LogP contribution in [0.25, 0.3) is 0 Å². The van der Waals surface area contributed by atoms with Crippen LogP contribution in [0.3, 0.4) is 0 Å². The van der Waals surface area contributed by atoms with E-state index in [0.29, 0.717) is 0 Å². The van der Waals surface area contributed by atoms with Gasteiger partial charge in [-0.2, -0.15) is 0 Å². The number of anilines is 1. The van der Waals surface area contributed by atoms with Crippen molar-refractivity contribution in [3.63, 3.8) is 0 Å². The molecule has 0 spiro atoms. The average molecular weight is 221 g/mol. The highest BCUT2D eigenvalue weighted by Gasteiger charge is 2.02. The molecule has 0 aliphatic rings. The van der Waals surface area contributed by atoms with Crippen LogP contribution in [0.2, 0.25) is 0 Å². The number of rotatable bonds is 3. The Bertz CT molecular complexity index is 426. The predicted molar refractivity (Wildman–Crippen MR) is 57.9 cm³/mol. The van der Waals surface area contributed by atoms with Gasteiger partial charge in [0.2, 0.25) is 5.91 Å². The Morgan fingerprint density at radius 2 is 2.00 bits per heavy atom. The van der Waals surface area contributed by atoms with Crippen LogP contribution >= 0.6 is 0 Å². The number of amides is 1. The standard InChI is InChI=1S/C11H11NO4/c1-16-11(15)7-6-10(14)12-8-4-2-3-5-9(8)13/h2-7,13H,1H3,(H,12,14). The molecule has 0 unspecified atom stereocenters. The van der Waals surface area contributed by atoms with E-state index in [0.717, 1.165) is 12.2 Å². The van der Waals surface area contributed by atoms with Gasteiger partial charge in [-0.25, -0.2) is 4.79 Å². The molecular weight excluding hydrogens is 210 g/mol. The highest BCUT2D eigenvalue weighted by Crippen LogP contribution is 2.21. The average Bonchev–Trinajstić information content (AvgIpc) is 2.29. The van der Waals surface area contributed by atoms with Gasteiger partial charge < -0.3 is 15.2 Å². The van der Waals surface area contributed by atoms with Crippen LogP contribution < -0.4 is 5.32 Å². The van der Waals surface area contributed by atoms with E-state index in [2.05, 4.69) is 10.1 Å².